The van der Waals surface area contributed by atoms with Gasteiger partial charge in [0, 0.05) is 43.5 Å². The number of sulfonamides is 1. The van der Waals surface area contributed by atoms with Crippen LogP contribution in [0, 0.1) is 11.7 Å². The summed E-state index contributed by atoms with van der Waals surface area (Å²) in [5, 5.41) is 0. The quantitative estimate of drug-likeness (QED) is 0.387. The third-order valence-corrected chi connectivity index (χ3v) is 9.54. The fourth-order valence-electron chi connectivity index (χ4n) is 5.69. The summed E-state index contributed by atoms with van der Waals surface area (Å²) < 4.78 is 44.7. The van der Waals surface area contributed by atoms with Gasteiger partial charge in [-0.15, -0.1) is 0 Å². The molecule has 2 aromatic carbocycles. The summed E-state index contributed by atoms with van der Waals surface area (Å²) in [6.07, 6.45) is 9.81. The van der Waals surface area contributed by atoms with E-state index < -0.39 is 15.8 Å². The molecule has 5 rings (SSSR count). The number of nitrogens with one attached hydrogen (secondary N) is 1. The van der Waals surface area contributed by atoms with Gasteiger partial charge in [0.25, 0.3) is 0 Å². The first-order valence-corrected chi connectivity index (χ1v) is 15.0. The summed E-state index contributed by atoms with van der Waals surface area (Å²) in [7, 11) is -2.00. The molecule has 0 radical (unpaired) electrons. The molecule has 0 aliphatic heterocycles. The van der Waals surface area contributed by atoms with Crippen molar-refractivity contribution in [2.75, 3.05) is 0 Å². The second-order valence-electron chi connectivity index (χ2n) is 11.3. The van der Waals surface area contributed by atoms with Crippen molar-refractivity contribution in [1.82, 2.24) is 19.2 Å². The van der Waals surface area contributed by atoms with E-state index in [1.807, 2.05) is 60.3 Å². The second-order valence-corrected chi connectivity index (χ2v) is 13.0. The third-order valence-electron chi connectivity index (χ3n) is 8.05. The molecule has 0 spiro atoms. The summed E-state index contributed by atoms with van der Waals surface area (Å²) >= 11 is 0. The Morgan fingerprint density at radius 1 is 1.15 bits per heavy atom. The molecule has 0 saturated heterocycles. The van der Waals surface area contributed by atoms with E-state index in [1.165, 1.54) is 18.2 Å². The largest absolute Gasteiger partial charge is 0.337 e. The van der Waals surface area contributed by atoms with Gasteiger partial charge < -0.3 is 9.47 Å². The summed E-state index contributed by atoms with van der Waals surface area (Å²) in [5.74, 6) is 0.0490. The van der Waals surface area contributed by atoms with E-state index in [4.69, 9.17) is 0 Å². The number of allylic oxidation sites excluding steroid dienone is 3. The van der Waals surface area contributed by atoms with E-state index in [-0.39, 0.29) is 28.2 Å². The van der Waals surface area contributed by atoms with Gasteiger partial charge in [-0.3, -0.25) is 4.79 Å². The van der Waals surface area contributed by atoms with Crippen LogP contribution in [0.15, 0.2) is 95.3 Å². The number of hydrogen-bond acceptors (Lipinski definition) is 4. The minimum Gasteiger partial charge on any atom is -0.337 e. The topological polar surface area (TPSA) is 84.3 Å². The van der Waals surface area contributed by atoms with Gasteiger partial charge in [0.1, 0.15) is 11.6 Å². The molecule has 40 heavy (non-hydrogen) atoms. The Bertz CT molecular complexity index is 1560. The number of halogens is 1. The van der Waals surface area contributed by atoms with Crippen molar-refractivity contribution in [2.24, 2.45) is 13.0 Å². The Morgan fingerprint density at radius 3 is 2.62 bits per heavy atom. The van der Waals surface area contributed by atoms with E-state index in [0.29, 0.717) is 25.8 Å². The smallest absolute Gasteiger partial charge is 0.240 e. The van der Waals surface area contributed by atoms with Gasteiger partial charge in [0.2, 0.25) is 15.9 Å². The monoisotopic (exact) mass is 562 g/mol. The average molecular weight is 563 g/mol. The normalized spacial score (nSPS) is 19.1. The first kappa shape index (κ1) is 28.0. The van der Waals surface area contributed by atoms with Crippen LogP contribution in [0.5, 0.6) is 0 Å². The molecule has 1 heterocycles. The maximum absolute atomic E-state index is 14.0. The van der Waals surface area contributed by atoms with Gasteiger partial charge in [-0.05, 0) is 54.5 Å². The lowest BCUT2D eigenvalue weighted by Crippen LogP contribution is -2.40. The third kappa shape index (κ3) is 5.95. The molecule has 0 bridgehead atoms. The molecule has 1 aromatic heterocycles. The highest BCUT2D eigenvalue weighted by Gasteiger charge is 2.38. The van der Waals surface area contributed by atoms with Crippen molar-refractivity contribution in [3.05, 3.63) is 108 Å². The van der Waals surface area contributed by atoms with Crippen LogP contribution in [-0.2, 0) is 33.8 Å². The van der Waals surface area contributed by atoms with Crippen LogP contribution in [0.25, 0.3) is 0 Å². The van der Waals surface area contributed by atoms with Crippen LogP contribution in [0.1, 0.15) is 50.9 Å². The first-order chi connectivity index (χ1) is 19.0. The number of imidazole rings is 1. The number of rotatable bonds is 9. The Kier molecular flexibility index (Phi) is 7.79. The number of hydrogen-bond donors (Lipinski definition) is 1. The molecule has 7 nitrogen and oxygen atoms in total. The Hall–Kier alpha value is -3.56. The highest BCUT2D eigenvalue weighted by Crippen LogP contribution is 2.41. The van der Waals surface area contributed by atoms with Crippen molar-refractivity contribution in [1.29, 1.82) is 0 Å². The lowest BCUT2D eigenvalue weighted by atomic mass is 9.81. The first-order valence-electron chi connectivity index (χ1n) is 13.5. The van der Waals surface area contributed by atoms with E-state index >= 15 is 0 Å². The van der Waals surface area contributed by atoms with Crippen LogP contribution in [0.2, 0.25) is 0 Å². The zero-order chi connectivity index (χ0) is 28.5. The number of aryl methyl sites for hydroxylation is 1. The summed E-state index contributed by atoms with van der Waals surface area (Å²) in [6, 6.07) is 14.7. The van der Waals surface area contributed by atoms with Gasteiger partial charge in [0.15, 0.2) is 0 Å². The van der Waals surface area contributed by atoms with Crippen molar-refractivity contribution in [2.45, 2.75) is 62.4 Å². The maximum Gasteiger partial charge on any atom is 0.240 e. The lowest BCUT2D eigenvalue weighted by Gasteiger charge is -2.34. The Morgan fingerprint density at radius 2 is 1.93 bits per heavy atom. The van der Waals surface area contributed by atoms with Crippen molar-refractivity contribution < 1.29 is 17.6 Å². The fraction of sp³-hybridized carbons (Fsp3) is 0.355. The van der Waals surface area contributed by atoms with Gasteiger partial charge in [-0.25, -0.2) is 22.5 Å². The minimum atomic E-state index is -3.90. The Balaban J connectivity index is 1.39. The zero-order valence-corrected chi connectivity index (χ0v) is 23.9. The van der Waals surface area contributed by atoms with Gasteiger partial charge in [-0.2, -0.15) is 0 Å². The molecule has 1 amide bonds. The molecule has 2 aliphatic carbocycles. The molecular formula is C31H35FN4O3S. The van der Waals surface area contributed by atoms with Crippen LogP contribution >= 0.6 is 0 Å². The molecule has 2 aliphatic rings. The lowest BCUT2D eigenvalue weighted by molar-refractivity contribution is -0.131. The molecule has 9 heteroatoms. The molecule has 1 saturated carbocycles. The number of carbonyl (C=O) groups excluding carboxylic acids is 1. The molecule has 1 N–H and O–H groups in total. The summed E-state index contributed by atoms with van der Waals surface area (Å²) in [4.78, 5) is 20.1. The van der Waals surface area contributed by atoms with Crippen LogP contribution in [0.3, 0.4) is 0 Å². The highest BCUT2D eigenvalue weighted by molar-refractivity contribution is 7.89. The molecule has 210 valence electrons. The molecule has 1 unspecified atom stereocenters. The second kappa shape index (κ2) is 11.1. The maximum atomic E-state index is 14.0. The Labute approximate surface area is 235 Å². The SMILES string of the molecule is Cn1ccnc1CN(C(=O)CC(C)(C)c1ccccc1)C1=CC=C2CC[C@@H](NS(=O)(=O)c3cccc(F)c3)C2C1. The van der Waals surface area contributed by atoms with Crippen molar-refractivity contribution >= 4 is 15.9 Å². The minimum absolute atomic E-state index is 0.0187. The number of amides is 1. The summed E-state index contributed by atoms with van der Waals surface area (Å²) in [5.41, 5.74) is 2.69. The van der Waals surface area contributed by atoms with Crippen molar-refractivity contribution in [3.63, 3.8) is 0 Å². The molecule has 3 aromatic rings. The van der Waals surface area contributed by atoms with E-state index in [0.717, 1.165) is 35.1 Å². The number of fused-ring (bicyclic) bond motifs is 1. The number of benzene rings is 2. The standard InChI is InChI=1S/C31H35FN4O3S/c1-31(2,23-8-5-4-6-9-23)20-30(37)36(21-29-33-16-17-35(29)3)25-14-12-22-13-15-28(27(22)19-25)34-40(38,39)26-11-7-10-24(32)18-26/h4-12,14,16-18,27-28,34H,13,15,19-21H2,1-3H3/t27?,28-/m1/s1. The fourth-order valence-corrected chi connectivity index (χ4v) is 7.03. The summed E-state index contributed by atoms with van der Waals surface area (Å²) in [6.45, 7) is 4.45. The van der Waals surface area contributed by atoms with E-state index in [9.17, 15) is 17.6 Å². The zero-order valence-electron chi connectivity index (χ0n) is 23.0. The van der Waals surface area contributed by atoms with Gasteiger partial charge >= 0.3 is 0 Å². The average Bonchev–Trinajstić information content (AvgIpc) is 3.52. The molecular weight excluding hydrogens is 527 g/mol. The van der Waals surface area contributed by atoms with Crippen molar-refractivity contribution in [3.8, 4) is 0 Å². The number of nitrogens with zero attached hydrogens (tertiary/aromatic N) is 3. The van der Waals surface area contributed by atoms with Gasteiger partial charge in [0.05, 0.1) is 11.4 Å². The highest BCUT2D eigenvalue weighted by atomic mass is 32.2. The number of aromatic nitrogens is 2. The van der Waals surface area contributed by atoms with Crippen LogP contribution in [-0.4, -0.2) is 34.8 Å². The number of carbonyl (C=O) groups is 1. The van der Waals surface area contributed by atoms with E-state index in [1.54, 1.807) is 11.1 Å². The molecule has 1 fully saturated rings. The van der Waals surface area contributed by atoms with Gasteiger partial charge in [-0.1, -0.05) is 61.9 Å². The predicted octanol–water partition coefficient (Wildman–Crippen LogP) is 5.23. The van der Waals surface area contributed by atoms with Crippen LogP contribution < -0.4 is 4.72 Å². The van der Waals surface area contributed by atoms with Crippen LogP contribution in [0.4, 0.5) is 4.39 Å². The molecule has 2 atom stereocenters. The van der Waals surface area contributed by atoms with E-state index in [2.05, 4.69) is 23.6 Å². The predicted molar refractivity (Wildman–Crippen MR) is 152 cm³/mol.